The van der Waals surface area contributed by atoms with Crippen molar-refractivity contribution in [3.05, 3.63) is 56.8 Å². The molecule has 1 saturated heterocycles. The molecular formula is C18H21N3O5S. The largest absolute Gasteiger partial charge is 0.484 e. The van der Waals surface area contributed by atoms with Gasteiger partial charge in [-0.2, -0.15) is 0 Å². The van der Waals surface area contributed by atoms with Crippen LogP contribution in [0.5, 0.6) is 5.75 Å². The van der Waals surface area contributed by atoms with Crippen LogP contribution in [0.2, 0.25) is 0 Å². The van der Waals surface area contributed by atoms with E-state index in [0.717, 1.165) is 13.1 Å². The minimum Gasteiger partial charge on any atom is -0.484 e. The molecule has 0 bridgehead atoms. The zero-order valence-electron chi connectivity index (χ0n) is 14.7. The number of non-ortho nitro benzene ring substituents is 1. The van der Waals surface area contributed by atoms with Gasteiger partial charge in [-0.25, -0.2) is 0 Å². The third-order valence-corrected chi connectivity index (χ3v) is 5.24. The van der Waals surface area contributed by atoms with E-state index in [1.165, 1.54) is 29.1 Å². The molecule has 1 N–H and O–H groups in total. The summed E-state index contributed by atoms with van der Waals surface area (Å²) in [5.74, 6) is 0.182. The third-order valence-electron chi connectivity index (χ3n) is 4.27. The number of hydrogen-bond donors (Lipinski definition) is 1. The first kappa shape index (κ1) is 19.3. The average molecular weight is 391 g/mol. The van der Waals surface area contributed by atoms with E-state index in [1.54, 1.807) is 11.3 Å². The van der Waals surface area contributed by atoms with Gasteiger partial charge in [-0.15, -0.1) is 11.3 Å². The summed E-state index contributed by atoms with van der Waals surface area (Å²) in [7, 11) is 0. The number of nitro benzene ring substituents is 1. The molecule has 1 aliphatic rings. The second-order valence-corrected chi connectivity index (χ2v) is 7.00. The van der Waals surface area contributed by atoms with Gasteiger partial charge < -0.3 is 14.8 Å². The van der Waals surface area contributed by atoms with Gasteiger partial charge in [0.1, 0.15) is 5.75 Å². The molecule has 0 radical (unpaired) electrons. The van der Waals surface area contributed by atoms with Crippen LogP contribution in [0.1, 0.15) is 10.9 Å². The zero-order chi connectivity index (χ0) is 19.1. The maximum absolute atomic E-state index is 12.2. The van der Waals surface area contributed by atoms with Gasteiger partial charge in [-0.3, -0.25) is 19.8 Å². The van der Waals surface area contributed by atoms with E-state index in [-0.39, 0.29) is 24.2 Å². The summed E-state index contributed by atoms with van der Waals surface area (Å²) in [5.41, 5.74) is -0.0175. The molecule has 3 rings (SSSR count). The number of carbonyl (C=O) groups excluding carboxylic acids is 1. The van der Waals surface area contributed by atoms with E-state index in [1.807, 2.05) is 11.4 Å². The van der Waals surface area contributed by atoms with Crippen LogP contribution < -0.4 is 10.1 Å². The van der Waals surface area contributed by atoms with Gasteiger partial charge in [0.05, 0.1) is 24.2 Å². The Morgan fingerprint density at radius 3 is 2.67 bits per heavy atom. The molecule has 0 aliphatic carbocycles. The van der Waals surface area contributed by atoms with Gasteiger partial charge in [0.25, 0.3) is 11.6 Å². The Hall–Kier alpha value is -2.49. The van der Waals surface area contributed by atoms with Crippen LogP contribution in [-0.4, -0.2) is 55.2 Å². The van der Waals surface area contributed by atoms with E-state index in [4.69, 9.17) is 9.47 Å². The Kier molecular flexibility index (Phi) is 6.74. The molecule has 1 aromatic carbocycles. The number of benzene rings is 1. The molecule has 1 aliphatic heterocycles. The van der Waals surface area contributed by atoms with Gasteiger partial charge in [0.2, 0.25) is 0 Å². The van der Waals surface area contributed by atoms with Crippen molar-refractivity contribution in [3.63, 3.8) is 0 Å². The summed E-state index contributed by atoms with van der Waals surface area (Å²) in [6.07, 6.45) is 0. The number of nitrogens with zero attached hydrogens (tertiary/aromatic N) is 2. The highest BCUT2D eigenvalue weighted by Crippen LogP contribution is 2.25. The van der Waals surface area contributed by atoms with Crippen molar-refractivity contribution in [1.29, 1.82) is 0 Å². The molecule has 0 unspecified atom stereocenters. The Bertz CT molecular complexity index is 745. The van der Waals surface area contributed by atoms with Crippen molar-refractivity contribution < 1.29 is 19.2 Å². The van der Waals surface area contributed by atoms with Crippen molar-refractivity contribution in [2.45, 2.75) is 6.04 Å². The first-order chi connectivity index (χ1) is 13.1. The fourth-order valence-corrected chi connectivity index (χ4v) is 3.72. The van der Waals surface area contributed by atoms with Crippen LogP contribution in [0.4, 0.5) is 5.69 Å². The van der Waals surface area contributed by atoms with Gasteiger partial charge in [-0.1, -0.05) is 6.07 Å². The molecular weight excluding hydrogens is 370 g/mol. The van der Waals surface area contributed by atoms with E-state index >= 15 is 0 Å². The standard InChI is InChI=1S/C18H21N3O5S/c22-18(13-26-15-5-3-14(4-6-15)21(23)24)19-12-16(17-2-1-11-27-17)20-7-9-25-10-8-20/h1-6,11,16H,7-10,12-13H2,(H,19,22)/t16-/m0/s1. The van der Waals surface area contributed by atoms with Crippen LogP contribution >= 0.6 is 11.3 Å². The fraction of sp³-hybridized carbons (Fsp3) is 0.389. The average Bonchev–Trinajstić information content (AvgIpc) is 3.22. The Morgan fingerprint density at radius 2 is 2.04 bits per heavy atom. The van der Waals surface area contributed by atoms with Crippen LogP contribution in [0, 0.1) is 10.1 Å². The first-order valence-electron chi connectivity index (χ1n) is 8.62. The Labute approximate surface area is 160 Å². The molecule has 8 nitrogen and oxygen atoms in total. The predicted octanol–water partition coefficient (Wildman–Crippen LogP) is 2.22. The van der Waals surface area contributed by atoms with Crippen molar-refractivity contribution in [2.24, 2.45) is 0 Å². The van der Waals surface area contributed by atoms with Crippen molar-refractivity contribution in [2.75, 3.05) is 39.5 Å². The molecule has 1 aromatic heterocycles. The lowest BCUT2D eigenvalue weighted by molar-refractivity contribution is -0.384. The van der Waals surface area contributed by atoms with E-state index in [0.29, 0.717) is 25.5 Å². The molecule has 9 heteroatoms. The van der Waals surface area contributed by atoms with Crippen LogP contribution in [0.15, 0.2) is 41.8 Å². The Balaban J connectivity index is 1.50. The molecule has 1 fully saturated rings. The maximum atomic E-state index is 12.2. The lowest BCUT2D eigenvalue weighted by Gasteiger charge is -2.34. The minimum atomic E-state index is -0.479. The second kappa shape index (κ2) is 9.45. The Morgan fingerprint density at radius 1 is 1.30 bits per heavy atom. The summed E-state index contributed by atoms with van der Waals surface area (Å²) >= 11 is 1.67. The quantitative estimate of drug-likeness (QED) is 0.548. The first-order valence-corrected chi connectivity index (χ1v) is 9.50. The van der Waals surface area contributed by atoms with E-state index in [9.17, 15) is 14.9 Å². The fourth-order valence-electron chi connectivity index (χ4n) is 2.85. The highest BCUT2D eigenvalue weighted by Gasteiger charge is 2.24. The number of nitro groups is 1. The van der Waals surface area contributed by atoms with E-state index < -0.39 is 4.92 Å². The highest BCUT2D eigenvalue weighted by atomic mass is 32.1. The SMILES string of the molecule is O=C(COc1ccc([N+](=O)[O-])cc1)NC[C@@H](c1cccs1)N1CCOCC1. The van der Waals surface area contributed by atoms with E-state index in [2.05, 4.69) is 16.3 Å². The summed E-state index contributed by atoms with van der Waals surface area (Å²) in [6.45, 7) is 3.40. The highest BCUT2D eigenvalue weighted by molar-refractivity contribution is 7.10. The maximum Gasteiger partial charge on any atom is 0.269 e. The topological polar surface area (TPSA) is 93.9 Å². The molecule has 2 aromatic rings. The molecule has 1 amide bonds. The number of morpholine rings is 1. The summed E-state index contributed by atoms with van der Waals surface area (Å²) < 4.78 is 10.8. The minimum absolute atomic E-state index is 0.0175. The van der Waals surface area contributed by atoms with Crippen LogP contribution in [-0.2, 0) is 9.53 Å². The molecule has 144 valence electrons. The number of hydrogen-bond acceptors (Lipinski definition) is 7. The molecule has 27 heavy (non-hydrogen) atoms. The summed E-state index contributed by atoms with van der Waals surface area (Å²) in [4.78, 5) is 25.8. The summed E-state index contributed by atoms with van der Waals surface area (Å²) in [6, 6.07) is 9.84. The van der Waals surface area contributed by atoms with Gasteiger partial charge in [-0.05, 0) is 23.6 Å². The smallest absolute Gasteiger partial charge is 0.269 e. The number of carbonyl (C=O) groups is 1. The predicted molar refractivity (Wildman–Crippen MR) is 101 cm³/mol. The number of rotatable bonds is 8. The number of amides is 1. The molecule has 2 heterocycles. The van der Waals surface area contributed by atoms with Crippen LogP contribution in [0.25, 0.3) is 0 Å². The van der Waals surface area contributed by atoms with Gasteiger partial charge >= 0.3 is 0 Å². The molecule has 0 spiro atoms. The summed E-state index contributed by atoms with van der Waals surface area (Å²) in [5, 5.41) is 15.6. The normalized spacial score (nSPS) is 15.9. The van der Waals surface area contributed by atoms with Gasteiger partial charge in [0.15, 0.2) is 6.61 Å². The number of nitrogens with one attached hydrogen (secondary N) is 1. The third kappa shape index (κ3) is 5.49. The lowest BCUT2D eigenvalue weighted by Crippen LogP contribution is -2.44. The van der Waals surface area contributed by atoms with Crippen molar-refractivity contribution in [1.82, 2.24) is 10.2 Å². The van der Waals surface area contributed by atoms with Crippen molar-refractivity contribution >= 4 is 22.9 Å². The lowest BCUT2D eigenvalue weighted by atomic mass is 10.2. The van der Waals surface area contributed by atoms with Gasteiger partial charge in [0, 0.05) is 36.6 Å². The second-order valence-electron chi connectivity index (χ2n) is 6.02. The molecule has 1 atom stereocenters. The monoisotopic (exact) mass is 391 g/mol. The molecule has 0 saturated carbocycles. The number of thiophene rings is 1. The van der Waals surface area contributed by atoms with Crippen molar-refractivity contribution in [3.8, 4) is 5.75 Å². The van der Waals surface area contributed by atoms with Crippen LogP contribution in [0.3, 0.4) is 0 Å². The number of ether oxygens (including phenoxy) is 2. The zero-order valence-corrected chi connectivity index (χ0v) is 15.5.